The minimum Gasteiger partial charge on any atom is -0.507 e. The Labute approximate surface area is 150 Å². The number of hydrogen-bond acceptors (Lipinski definition) is 3. The number of nitrogens with one attached hydrogen (secondary N) is 2. The zero-order chi connectivity index (χ0) is 17.8. The number of amides is 2. The zero-order valence-electron chi connectivity index (χ0n) is 13.5. The van der Waals surface area contributed by atoms with Gasteiger partial charge in [0.2, 0.25) is 0 Å². The predicted molar refractivity (Wildman–Crippen MR) is 99.3 cm³/mol. The quantitative estimate of drug-likeness (QED) is 0.591. The van der Waals surface area contributed by atoms with Crippen molar-refractivity contribution < 1.29 is 14.6 Å². The third-order valence-electron chi connectivity index (χ3n) is 3.61. The number of carbonyl (C=O) groups excluding carboxylic acids is 1. The summed E-state index contributed by atoms with van der Waals surface area (Å²) in [5, 5.41) is 17.4. The Kier molecular flexibility index (Phi) is 4.95. The Hall–Kier alpha value is -2.92. The van der Waals surface area contributed by atoms with Gasteiger partial charge >= 0.3 is 6.03 Å². The van der Waals surface area contributed by atoms with Crippen LogP contribution in [0, 0.1) is 0 Å². The first-order valence-electron chi connectivity index (χ1n) is 7.73. The molecule has 0 saturated carbocycles. The van der Waals surface area contributed by atoms with Gasteiger partial charge in [0.1, 0.15) is 11.5 Å². The first-order valence-corrected chi connectivity index (χ1v) is 8.11. The van der Waals surface area contributed by atoms with E-state index in [2.05, 4.69) is 10.6 Å². The number of benzene rings is 3. The maximum Gasteiger partial charge on any atom is 0.322 e. The molecule has 6 heteroatoms. The number of urea groups is 1. The lowest BCUT2D eigenvalue weighted by molar-refractivity contribution is 0.183. The van der Waals surface area contributed by atoms with Crippen LogP contribution in [0.4, 0.5) is 10.5 Å². The summed E-state index contributed by atoms with van der Waals surface area (Å²) in [4.78, 5) is 12.2. The predicted octanol–water partition coefficient (Wildman–Crippen LogP) is 4.75. The second-order valence-electron chi connectivity index (χ2n) is 5.49. The highest BCUT2D eigenvalue weighted by Gasteiger charge is 2.11. The zero-order valence-corrected chi connectivity index (χ0v) is 14.2. The highest BCUT2D eigenvalue weighted by molar-refractivity contribution is 6.30. The van der Waals surface area contributed by atoms with Crippen LogP contribution >= 0.6 is 11.6 Å². The summed E-state index contributed by atoms with van der Waals surface area (Å²) in [5.41, 5.74) is 0.601. The maximum absolute atomic E-state index is 12.2. The lowest BCUT2D eigenvalue weighted by Crippen LogP contribution is -2.39. The molecule has 3 N–H and O–H groups in total. The number of phenolic OH excluding ortho intramolecular Hbond substituents is 1. The highest BCUT2D eigenvalue weighted by atomic mass is 35.5. The monoisotopic (exact) mass is 356 g/mol. The second-order valence-corrected chi connectivity index (χ2v) is 5.93. The molecule has 2 amide bonds. The largest absolute Gasteiger partial charge is 0.507 e. The van der Waals surface area contributed by atoms with Crippen LogP contribution in [0.25, 0.3) is 10.8 Å². The molecule has 0 aliphatic rings. The Bertz CT molecular complexity index is 897. The third-order valence-corrected chi connectivity index (χ3v) is 3.86. The molecule has 0 aliphatic heterocycles. The maximum atomic E-state index is 12.2. The Morgan fingerprint density at radius 3 is 2.48 bits per heavy atom. The van der Waals surface area contributed by atoms with E-state index in [1.165, 1.54) is 0 Å². The SMILES string of the molecule is CC(NC(=O)Nc1cccc2c(O)cccc12)Oc1ccc(Cl)cc1. The fraction of sp³-hybridized carbons (Fsp3) is 0.105. The number of hydrogen-bond donors (Lipinski definition) is 3. The standard InChI is InChI=1S/C19H17ClN2O3/c1-12(25-14-10-8-13(20)9-11-14)21-19(24)22-17-6-2-5-16-15(17)4-3-7-18(16)23/h2-12,23H,1H3,(H2,21,22,24). The lowest BCUT2D eigenvalue weighted by atomic mass is 10.1. The van der Waals surface area contributed by atoms with Gasteiger partial charge in [-0.05, 0) is 43.3 Å². The second kappa shape index (κ2) is 7.32. The van der Waals surface area contributed by atoms with Crippen LogP contribution < -0.4 is 15.4 Å². The van der Waals surface area contributed by atoms with E-state index in [1.807, 2.05) is 6.07 Å². The number of fused-ring (bicyclic) bond motifs is 1. The summed E-state index contributed by atoms with van der Waals surface area (Å²) in [5.74, 6) is 0.772. The molecule has 128 valence electrons. The summed E-state index contributed by atoms with van der Waals surface area (Å²) in [6.45, 7) is 1.73. The van der Waals surface area contributed by atoms with Crippen LogP contribution in [0.5, 0.6) is 11.5 Å². The molecule has 0 heterocycles. The lowest BCUT2D eigenvalue weighted by Gasteiger charge is -2.17. The van der Waals surface area contributed by atoms with Gasteiger partial charge in [-0.15, -0.1) is 0 Å². The molecule has 0 saturated heterocycles. The van der Waals surface area contributed by atoms with E-state index in [-0.39, 0.29) is 5.75 Å². The average Bonchev–Trinajstić information content (AvgIpc) is 2.58. The minimum absolute atomic E-state index is 0.168. The van der Waals surface area contributed by atoms with Gasteiger partial charge < -0.3 is 20.5 Å². The molecule has 5 nitrogen and oxygen atoms in total. The summed E-state index contributed by atoms with van der Waals surface area (Å²) in [6, 6.07) is 17.0. The van der Waals surface area contributed by atoms with Gasteiger partial charge in [0, 0.05) is 15.8 Å². The van der Waals surface area contributed by atoms with Crippen molar-refractivity contribution in [1.29, 1.82) is 0 Å². The van der Waals surface area contributed by atoms with Gasteiger partial charge in [-0.25, -0.2) is 4.79 Å². The molecule has 3 rings (SSSR count). The van der Waals surface area contributed by atoms with Crippen molar-refractivity contribution in [3.05, 3.63) is 65.7 Å². The molecule has 25 heavy (non-hydrogen) atoms. The van der Waals surface area contributed by atoms with E-state index in [4.69, 9.17) is 16.3 Å². The summed E-state index contributed by atoms with van der Waals surface area (Å²) in [6.07, 6.45) is -0.537. The molecule has 0 fully saturated rings. The topological polar surface area (TPSA) is 70.6 Å². The number of aromatic hydroxyl groups is 1. The van der Waals surface area contributed by atoms with Crippen LogP contribution in [0.2, 0.25) is 5.02 Å². The normalized spacial score (nSPS) is 11.8. The molecule has 1 unspecified atom stereocenters. The Morgan fingerprint density at radius 1 is 1.04 bits per heavy atom. The van der Waals surface area contributed by atoms with Crippen molar-refractivity contribution in [2.24, 2.45) is 0 Å². The number of halogens is 1. The average molecular weight is 357 g/mol. The molecule has 0 aromatic heterocycles. The fourth-order valence-corrected chi connectivity index (χ4v) is 2.62. The summed E-state index contributed by atoms with van der Waals surface area (Å²) in [7, 11) is 0. The molecule has 1 atom stereocenters. The molecule has 0 bridgehead atoms. The van der Waals surface area contributed by atoms with Gasteiger partial charge in [-0.2, -0.15) is 0 Å². The first-order chi connectivity index (χ1) is 12.0. The van der Waals surface area contributed by atoms with Gasteiger partial charge in [0.25, 0.3) is 0 Å². The van der Waals surface area contributed by atoms with Gasteiger partial charge in [0.05, 0.1) is 5.69 Å². The number of carbonyl (C=O) groups is 1. The smallest absolute Gasteiger partial charge is 0.322 e. The van der Waals surface area contributed by atoms with Crippen LogP contribution in [0.15, 0.2) is 60.7 Å². The molecule has 3 aromatic rings. The highest BCUT2D eigenvalue weighted by Crippen LogP contribution is 2.29. The van der Waals surface area contributed by atoms with Gasteiger partial charge in [-0.1, -0.05) is 35.9 Å². The molecular weight excluding hydrogens is 340 g/mol. The number of ether oxygens (including phenoxy) is 1. The fourth-order valence-electron chi connectivity index (χ4n) is 2.49. The molecule has 0 spiro atoms. The summed E-state index contributed by atoms with van der Waals surface area (Å²) >= 11 is 5.83. The van der Waals surface area contributed by atoms with Crippen molar-refractivity contribution >= 4 is 34.1 Å². The van der Waals surface area contributed by atoms with Crippen molar-refractivity contribution in [2.45, 2.75) is 13.2 Å². The van der Waals surface area contributed by atoms with Crippen LogP contribution in [-0.2, 0) is 0 Å². The summed E-state index contributed by atoms with van der Waals surface area (Å²) < 4.78 is 5.61. The van der Waals surface area contributed by atoms with Gasteiger partial charge in [0.15, 0.2) is 6.23 Å². The Balaban J connectivity index is 1.66. The van der Waals surface area contributed by atoms with E-state index in [0.29, 0.717) is 21.8 Å². The molecule has 3 aromatic carbocycles. The van der Waals surface area contributed by atoms with E-state index >= 15 is 0 Å². The molecule has 0 radical (unpaired) electrons. The third kappa shape index (κ3) is 4.14. The van der Waals surface area contributed by atoms with Crippen LogP contribution in [0.1, 0.15) is 6.92 Å². The number of rotatable bonds is 4. The van der Waals surface area contributed by atoms with Crippen molar-refractivity contribution in [2.75, 3.05) is 5.32 Å². The van der Waals surface area contributed by atoms with E-state index < -0.39 is 12.3 Å². The van der Waals surface area contributed by atoms with Crippen LogP contribution in [0.3, 0.4) is 0 Å². The van der Waals surface area contributed by atoms with Crippen LogP contribution in [-0.4, -0.2) is 17.4 Å². The minimum atomic E-state index is -0.537. The Morgan fingerprint density at radius 2 is 1.72 bits per heavy atom. The van der Waals surface area contributed by atoms with Crippen molar-refractivity contribution in [3.8, 4) is 11.5 Å². The molecule has 0 aliphatic carbocycles. The molecular formula is C19H17ClN2O3. The van der Waals surface area contributed by atoms with E-state index in [1.54, 1.807) is 61.5 Å². The van der Waals surface area contributed by atoms with Crippen molar-refractivity contribution in [3.63, 3.8) is 0 Å². The number of phenols is 1. The first kappa shape index (κ1) is 16.9. The van der Waals surface area contributed by atoms with E-state index in [9.17, 15) is 9.90 Å². The number of anilines is 1. The van der Waals surface area contributed by atoms with Crippen molar-refractivity contribution in [1.82, 2.24) is 5.32 Å². The van der Waals surface area contributed by atoms with E-state index in [0.717, 1.165) is 5.39 Å². The van der Waals surface area contributed by atoms with Gasteiger partial charge in [-0.3, -0.25) is 0 Å².